The van der Waals surface area contributed by atoms with Gasteiger partial charge in [-0.15, -0.1) is 0 Å². The van der Waals surface area contributed by atoms with Crippen molar-refractivity contribution < 1.29 is 4.79 Å². The number of nitrogens with one attached hydrogen (secondary N) is 3. The number of amides is 1. The van der Waals surface area contributed by atoms with E-state index in [1.54, 1.807) is 0 Å². The van der Waals surface area contributed by atoms with Crippen LogP contribution in [0.3, 0.4) is 0 Å². The summed E-state index contributed by atoms with van der Waals surface area (Å²) < 4.78 is 2.26. The Kier molecular flexibility index (Phi) is 8.66. The molecule has 0 fully saturated rings. The number of aryl methyl sites for hydroxylation is 2. The number of aliphatic imine (C=N–C) groups is 1. The first kappa shape index (κ1) is 23.3. The fourth-order valence-electron chi connectivity index (χ4n) is 3.59. The maximum atomic E-state index is 12.2. The molecule has 1 amide bonds. The molecule has 0 aliphatic carbocycles. The molecule has 0 saturated heterocycles. The van der Waals surface area contributed by atoms with E-state index >= 15 is 0 Å². The molecule has 1 heterocycles. The summed E-state index contributed by atoms with van der Waals surface area (Å²) in [4.78, 5) is 21.5. The van der Waals surface area contributed by atoms with E-state index in [0.29, 0.717) is 18.7 Å². The van der Waals surface area contributed by atoms with Crippen LogP contribution in [0.25, 0.3) is 11.0 Å². The number of imidazole rings is 1. The van der Waals surface area contributed by atoms with Crippen LogP contribution in [0.15, 0.2) is 53.5 Å². The Morgan fingerprint density at radius 3 is 2.69 bits per heavy atom. The number of carbonyl (C=O) groups is 1. The Hall–Kier alpha value is -3.35. The zero-order valence-corrected chi connectivity index (χ0v) is 19.3. The lowest BCUT2D eigenvalue weighted by Gasteiger charge is -2.12. The maximum absolute atomic E-state index is 12.2. The van der Waals surface area contributed by atoms with E-state index < -0.39 is 0 Å². The number of para-hydroxylation sites is 2. The van der Waals surface area contributed by atoms with Crippen LogP contribution in [0.4, 0.5) is 0 Å². The van der Waals surface area contributed by atoms with E-state index in [-0.39, 0.29) is 5.91 Å². The van der Waals surface area contributed by atoms with E-state index in [9.17, 15) is 4.79 Å². The van der Waals surface area contributed by atoms with Crippen LogP contribution >= 0.6 is 0 Å². The molecule has 3 rings (SSSR count). The van der Waals surface area contributed by atoms with E-state index in [2.05, 4.69) is 57.5 Å². The van der Waals surface area contributed by atoms with Crippen molar-refractivity contribution in [2.24, 2.45) is 4.99 Å². The first-order valence-corrected chi connectivity index (χ1v) is 11.4. The molecule has 0 bridgehead atoms. The number of hydrogen-bond donors (Lipinski definition) is 3. The van der Waals surface area contributed by atoms with Crippen molar-refractivity contribution in [3.8, 4) is 0 Å². The number of carbonyl (C=O) groups excluding carboxylic acids is 1. The molecule has 0 saturated carbocycles. The lowest BCUT2D eigenvalue weighted by atomic mass is 10.1. The number of fused-ring (bicyclic) bond motifs is 1. The van der Waals surface area contributed by atoms with E-state index in [0.717, 1.165) is 55.3 Å². The minimum atomic E-state index is -0.0370. The van der Waals surface area contributed by atoms with Gasteiger partial charge in [-0.05, 0) is 56.5 Å². The van der Waals surface area contributed by atoms with Crippen LogP contribution in [-0.2, 0) is 13.1 Å². The lowest BCUT2D eigenvalue weighted by Crippen LogP contribution is -2.38. The summed E-state index contributed by atoms with van der Waals surface area (Å²) in [6, 6.07) is 15.9. The van der Waals surface area contributed by atoms with Crippen LogP contribution in [0.1, 0.15) is 48.4 Å². The van der Waals surface area contributed by atoms with E-state index in [1.807, 2.05) is 37.3 Å². The third kappa shape index (κ3) is 6.33. The Morgan fingerprint density at radius 2 is 1.88 bits per heavy atom. The summed E-state index contributed by atoms with van der Waals surface area (Å²) in [5.41, 5.74) is 3.89. The SMILES string of the molecule is CCCNC(=O)c1cccc(CN=C(NCC)NCCCn2c(C)nc3ccccc32)c1. The smallest absolute Gasteiger partial charge is 0.251 e. The fourth-order valence-corrected chi connectivity index (χ4v) is 3.59. The standard InChI is InChI=1S/C25H34N6O/c1-4-14-27-24(32)21-11-8-10-20(17-21)18-29-25(26-5-2)28-15-9-16-31-19(3)30-22-12-6-7-13-23(22)31/h6-8,10-13,17H,4-5,9,14-16,18H2,1-3H3,(H,27,32)(H2,26,28,29). The minimum Gasteiger partial charge on any atom is -0.357 e. The zero-order valence-electron chi connectivity index (χ0n) is 19.3. The predicted molar refractivity (Wildman–Crippen MR) is 131 cm³/mol. The second-order valence-electron chi connectivity index (χ2n) is 7.73. The summed E-state index contributed by atoms with van der Waals surface area (Å²) in [6.45, 7) is 9.83. The Morgan fingerprint density at radius 1 is 1.03 bits per heavy atom. The second-order valence-corrected chi connectivity index (χ2v) is 7.73. The van der Waals surface area contributed by atoms with Crippen molar-refractivity contribution in [3.05, 3.63) is 65.5 Å². The highest BCUT2D eigenvalue weighted by Gasteiger charge is 2.07. The van der Waals surface area contributed by atoms with Gasteiger partial charge in [-0.25, -0.2) is 9.98 Å². The van der Waals surface area contributed by atoms with Gasteiger partial charge < -0.3 is 20.5 Å². The van der Waals surface area contributed by atoms with Crippen molar-refractivity contribution in [3.63, 3.8) is 0 Å². The van der Waals surface area contributed by atoms with Gasteiger partial charge in [0.15, 0.2) is 5.96 Å². The van der Waals surface area contributed by atoms with Crippen LogP contribution in [0, 0.1) is 6.92 Å². The summed E-state index contributed by atoms with van der Waals surface area (Å²) >= 11 is 0. The molecule has 0 aliphatic rings. The quantitative estimate of drug-likeness (QED) is 0.258. The number of hydrogen-bond acceptors (Lipinski definition) is 3. The third-order valence-corrected chi connectivity index (χ3v) is 5.19. The van der Waals surface area contributed by atoms with Gasteiger partial charge in [-0.2, -0.15) is 0 Å². The normalized spacial score (nSPS) is 11.5. The molecule has 2 aromatic carbocycles. The lowest BCUT2D eigenvalue weighted by molar-refractivity contribution is 0.0953. The average molecular weight is 435 g/mol. The summed E-state index contributed by atoms with van der Waals surface area (Å²) in [5.74, 6) is 1.78. The summed E-state index contributed by atoms with van der Waals surface area (Å²) in [6.07, 6.45) is 1.88. The molecule has 1 aromatic heterocycles. The number of rotatable bonds is 10. The highest BCUT2D eigenvalue weighted by molar-refractivity contribution is 5.94. The molecule has 3 aromatic rings. The van der Waals surface area contributed by atoms with Crippen LogP contribution in [-0.4, -0.2) is 41.1 Å². The van der Waals surface area contributed by atoms with Gasteiger partial charge in [-0.1, -0.05) is 31.2 Å². The molecular formula is C25H34N6O. The van der Waals surface area contributed by atoms with Crippen LogP contribution in [0.5, 0.6) is 0 Å². The maximum Gasteiger partial charge on any atom is 0.251 e. The topological polar surface area (TPSA) is 83.3 Å². The van der Waals surface area contributed by atoms with Gasteiger partial charge in [0.05, 0.1) is 17.6 Å². The first-order valence-electron chi connectivity index (χ1n) is 11.4. The van der Waals surface area contributed by atoms with Crippen molar-refractivity contribution in [1.82, 2.24) is 25.5 Å². The number of nitrogens with zero attached hydrogens (tertiary/aromatic N) is 3. The van der Waals surface area contributed by atoms with Crippen molar-refractivity contribution in [2.45, 2.75) is 46.7 Å². The number of guanidine groups is 1. The molecule has 7 nitrogen and oxygen atoms in total. The van der Waals surface area contributed by atoms with Crippen LogP contribution in [0.2, 0.25) is 0 Å². The average Bonchev–Trinajstić information content (AvgIpc) is 3.13. The second kappa shape index (κ2) is 11.9. The Labute approximate surface area is 190 Å². The number of aromatic nitrogens is 2. The minimum absolute atomic E-state index is 0.0370. The van der Waals surface area contributed by atoms with Gasteiger partial charge in [0.2, 0.25) is 0 Å². The van der Waals surface area contributed by atoms with Crippen molar-refractivity contribution in [2.75, 3.05) is 19.6 Å². The van der Waals surface area contributed by atoms with Gasteiger partial charge in [-0.3, -0.25) is 4.79 Å². The Bertz CT molecular complexity index is 1060. The predicted octanol–water partition coefficient (Wildman–Crippen LogP) is 3.63. The number of benzene rings is 2. The molecule has 32 heavy (non-hydrogen) atoms. The van der Waals surface area contributed by atoms with Crippen molar-refractivity contribution >= 4 is 22.9 Å². The molecule has 0 radical (unpaired) electrons. The molecule has 7 heteroatoms. The monoisotopic (exact) mass is 434 g/mol. The zero-order chi connectivity index (χ0) is 22.8. The molecular weight excluding hydrogens is 400 g/mol. The van der Waals surface area contributed by atoms with Crippen LogP contribution < -0.4 is 16.0 Å². The first-order chi connectivity index (χ1) is 15.6. The van der Waals surface area contributed by atoms with Gasteiger partial charge >= 0.3 is 0 Å². The molecule has 3 N–H and O–H groups in total. The molecule has 0 atom stereocenters. The largest absolute Gasteiger partial charge is 0.357 e. The highest BCUT2D eigenvalue weighted by Crippen LogP contribution is 2.15. The Balaban J connectivity index is 1.55. The molecule has 0 unspecified atom stereocenters. The van der Waals surface area contributed by atoms with Crippen molar-refractivity contribution in [1.29, 1.82) is 0 Å². The summed E-state index contributed by atoms with van der Waals surface area (Å²) in [7, 11) is 0. The molecule has 170 valence electrons. The van der Waals surface area contributed by atoms with Gasteiger partial charge in [0.25, 0.3) is 5.91 Å². The molecule has 0 aliphatic heterocycles. The van der Waals surface area contributed by atoms with Gasteiger partial charge in [0.1, 0.15) is 5.82 Å². The fraction of sp³-hybridized carbons (Fsp3) is 0.400. The van der Waals surface area contributed by atoms with Gasteiger partial charge in [0, 0.05) is 31.7 Å². The van der Waals surface area contributed by atoms with E-state index in [1.165, 1.54) is 5.52 Å². The third-order valence-electron chi connectivity index (χ3n) is 5.19. The van der Waals surface area contributed by atoms with E-state index in [4.69, 9.17) is 4.99 Å². The molecule has 0 spiro atoms. The highest BCUT2D eigenvalue weighted by atomic mass is 16.1. The summed E-state index contributed by atoms with van der Waals surface area (Å²) in [5, 5.41) is 9.62.